The minimum atomic E-state index is -0.440. The molecule has 7 heteroatoms. The summed E-state index contributed by atoms with van der Waals surface area (Å²) in [5.74, 6) is 0.172. The van der Waals surface area contributed by atoms with E-state index in [1.54, 1.807) is 7.11 Å². The number of nitrogens with zero attached hydrogens (tertiary/aromatic N) is 1. The standard InChI is InChI=1S/C20H26N2O4S/c1-12-7-8-16(25-5)15(9-12)10-22(4)11-17(23)21-19-18(20(24)26-6)13(2)14(3)27-19/h7-9H,10-11H2,1-6H3,(H,21,23). The number of carbonyl (C=O) groups excluding carboxylic acids is 2. The Hall–Kier alpha value is -2.38. The van der Waals surface area contributed by atoms with Crippen LogP contribution in [-0.4, -0.2) is 44.6 Å². The summed E-state index contributed by atoms with van der Waals surface area (Å²) in [5.41, 5.74) is 3.41. The summed E-state index contributed by atoms with van der Waals surface area (Å²) in [6, 6.07) is 5.97. The molecule has 0 atom stereocenters. The first-order valence-electron chi connectivity index (χ1n) is 8.57. The van der Waals surface area contributed by atoms with Gasteiger partial charge in [0.2, 0.25) is 5.91 Å². The van der Waals surface area contributed by atoms with Crippen LogP contribution in [0.5, 0.6) is 5.75 Å². The van der Waals surface area contributed by atoms with Gasteiger partial charge in [0.25, 0.3) is 0 Å². The predicted molar refractivity (Wildman–Crippen MR) is 108 cm³/mol. The number of hydrogen-bond donors (Lipinski definition) is 1. The first-order chi connectivity index (χ1) is 12.8. The van der Waals surface area contributed by atoms with E-state index in [4.69, 9.17) is 9.47 Å². The number of methoxy groups -OCH3 is 2. The molecule has 0 saturated heterocycles. The lowest BCUT2D eigenvalue weighted by Gasteiger charge is -2.18. The molecular weight excluding hydrogens is 364 g/mol. The summed E-state index contributed by atoms with van der Waals surface area (Å²) in [5, 5.41) is 3.38. The Morgan fingerprint density at radius 2 is 1.89 bits per heavy atom. The molecule has 0 aliphatic carbocycles. The van der Waals surface area contributed by atoms with E-state index in [1.807, 2.05) is 44.9 Å². The van der Waals surface area contributed by atoms with E-state index in [0.717, 1.165) is 27.3 Å². The molecule has 1 N–H and O–H groups in total. The number of rotatable bonds is 7. The highest BCUT2D eigenvalue weighted by molar-refractivity contribution is 7.16. The topological polar surface area (TPSA) is 67.9 Å². The van der Waals surface area contributed by atoms with Crippen molar-refractivity contribution in [3.63, 3.8) is 0 Å². The average Bonchev–Trinajstić information content (AvgIpc) is 2.88. The van der Waals surface area contributed by atoms with Gasteiger partial charge >= 0.3 is 5.97 Å². The molecule has 0 aliphatic heterocycles. The molecule has 6 nitrogen and oxygen atoms in total. The van der Waals surface area contributed by atoms with E-state index in [2.05, 4.69) is 11.4 Å². The fourth-order valence-corrected chi connectivity index (χ4v) is 3.92. The number of esters is 1. The van der Waals surface area contributed by atoms with E-state index in [1.165, 1.54) is 18.4 Å². The normalized spacial score (nSPS) is 10.8. The van der Waals surface area contributed by atoms with Gasteiger partial charge in [-0.05, 0) is 39.4 Å². The maximum atomic E-state index is 12.5. The molecule has 1 aromatic carbocycles. The maximum Gasteiger partial charge on any atom is 0.341 e. The third kappa shape index (κ3) is 5.08. The molecule has 2 rings (SSSR count). The quantitative estimate of drug-likeness (QED) is 0.733. The summed E-state index contributed by atoms with van der Waals surface area (Å²) < 4.78 is 10.2. The van der Waals surface area contributed by atoms with Crippen LogP contribution in [0, 0.1) is 20.8 Å². The van der Waals surface area contributed by atoms with Crippen molar-refractivity contribution in [3.05, 3.63) is 45.3 Å². The molecule has 0 unspecified atom stereocenters. The highest BCUT2D eigenvalue weighted by Crippen LogP contribution is 2.33. The van der Waals surface area contributed by atoms with Gasteiger partial charge in [0, 0.05) is 17.0 Å². The third-order valence-electron chi connectivity index (χ3n) is 4.32. The smallest absolute Gasteiger partial charge is 0.341 e. The van der Waals surface area contributed by atoms with Crippen LogP contribution in [0.1, 0.15) is 31.9 Å². The van der Waals surface area contributed by atoms with E-state index in [-0.39, 0.29) is 12.5 Å². The highest BCUT2D eigenvalue weighted by Gasteiger charge is 2.22. The predicted octanol–water partition coefficient (Wildman–Crippen LogP) is 3.54. The number of likely N-dealkylation sites (N-methyl/N-ethyl adjacent to an activating group) is 1. The Kier molecular flexibility index (Phi) is 6.98. The van der Waals surface area contributed by atoms with Gasteiger partial charge in [0.15, 0.2) is 0 Å². The number of hydrogen-bond acceptors (Lipinski definition) is 6. The van der Waals surface area contributed by atoms with Gasteiger partial charge in [-0.1, -0.05) is 17.7 Å². The van der Waals surface area contributed by atoms with Crippen molar-refractivity contribution in [2.45, 2.75) is 27.3 Å². The Morgan fingerprint density at radius 1 is 1.19 bits per heavy atom. The van der Waals surface area contributed by atoms with Crippen molar-refractivity contribution >= 4 is 28.2 Å². The van der Waals surface area contributed by atoms with E-state index in [9.17, 15) is 9.59 Å². The Bertz CT molecular complexity index is 845. The van der Waals surface area contributed by atoms with Crippen molar-refractivity contribution in [2.75, 3.05) is 33.1 Å². The second kappa shape index (κ2) is 9.01. The van der Waals surface area contributed by atoms with Crippen LogP contribution in [-0.2, 0) is 16.1 Å². The van der Waals surface area contributed by atoms with Gasteiger partial charge in [-0.2, -0.15) is 0 Å². The van der Waals surface area contributed by atoms with Gasteiger partial charge in [-0.3, -0.25) is 9.69 Å². The zero-order valence-electron chi connectivity index (χ0n) is 16.6. The molecule has 27 heavy (non-hydrogen) atoms. The van der Waals surface area contributed by atoms with Crippen LogP contribution in [0.25, 0.3) is 0 Å². The van der Waals surface area contributed by atoms with Gasteiger partial charge in [0.05, 0.1) is 26.3 Å². The number of benzene rings is 1. The molecule has 1 amide bonds. The molecule has 0 spiro atoms. The number of amides is 1. The van der Waals surface area contributed by atoms with E-state index < -0.39 is 5.97 Å². The summed E-state index contributed by atoms with van der Waals surface area (Å²) in [4.78, 5) is 27.4. The van der Waals surface area contributed by atoms with Crippen molar-refractivity contribution < 1.29 is 19.1 Å². The fourth-order valence-electron chi connectivity index (χ4n) is 2.85. The van der Waals surface area contributed by atoms with Crippen LogP contribution in [0.3, 0.4) is 0 Å². The molecule has 0 fully saturated rings. The van der Waals surface area contributed by atoms with Crippen LogP contribution < -0.4 is 10.1 Å². The summed E-state index contributed by atoms with van der Waals surface area (Å²) in [6.45, 7) is 6.55. The van der Waals surface area contributed by atoms with Crippen LogP contribution in [0.15, 0.2) is 18.2 Å². The Balaban J connectivity index is 2.07. The molecule has 0 saturated carbocycles. The van der Waals surface area contributed by atoms with Gasteiger partial charge < -0.3 is 14.8 Å². The first-order valence-corrected chi connectivity index (χ1v) is 9.38. The van der Waals surface area contributed by atoms with Crippen molar-refractivity contribution in [1.82, 2.24) is 4.90 Å². The number of ether oxygens (including phenoxy) is 2. The van der Waals surface area contributed by atoms with Gasteiger partial charge in [0.1, 0.15) is 10.8 Å². The Labute approximate surface area is 164 Å². The van der Waals surface area contributed by atoms with E-state index >= 15 is 0 Å². The molecule has 0 aliphatic rings. The zero-order valence-corrected chi connectivity index (χ0v) is 17.5. The number of carbonyl (C=O) groups is 2. The third-order valence-corrected chi connectivity index (χ3v) is 5.44. The van der Waals surface area contributed by atoms with Gasteiger partial charge in [-0.25, -0.2) is 4.79 Å². The summed E-state index contributed by atoms with van der Waals surface area (Å²) in [7, 11) is 4.84. The summed E-state index contributed by atoms with van der Waals surface area (Å²) >= 11 is 1.38. The zero-order chi connectivity index (χ0) is 20.1. The molecule has 1 heterocycles. The second-order valence-electron chi connectivity index (χ2n) is 6.51. The Morgan fingerprint density at radius 3 is 2.52 bits per heavy atom. The van der Waals surface area contributed by atoms with E-state index in [0.29, 0.717) is 17.1 Å². The molecule has 2 aromatic rings. The number of nitrogens with one attached hydrogen (secondary N) is 1. The molecule has 0 bridgehead atoms. The SMILES string of the molecule is COC(=O)c1c(NC(=O)CN(C)Cc2cc(C)ccc2OC)sc(C)c1C. The summed E-state index contributed by atoms with van der Waals surface area (Å²) in [6.07, 6.45) is 0. The number of thiophene rings is 1. The van der Waals surface area contributed by atoms with Crippen LogP contribution >= 0.6 is 11.3 Å². The molecular formula is C20H26N2O4S. The second-order valence-corrected chi connectivity index (χ2v) is 7.74. The lowest BCUT2D eigenvalue weighted by atomic mass is 10.1. The van der Waals surface area contributed by atoms with Crippen molar-refractivity contribution in [1.29, 1.82) is 0 Å². The van der Waals surface area contributed by atoms with Crippen molar-refractivity contribution in [3.8, 4) is 5.75 Å². The lowest BCUT2D eigenvalue weighted by Crippen LogP contribution is -2.30. The minimum absolute atomic E-state index is 0.185. The van der Waals surface area contributed by atoms with Crippen LogP contribution in [0.2, 0.25) is 0 Å². The lowest BCUT2D eigenvalue weighted by molar-refractivity contribution is -0.117. The monoisotopic (exact) mass is 390 g/mol. The number of anilines is 1. The fraction of sp³-hybridized carbons (Fsp3) is 0.400. The average molecular weight is 391 g/mol. The maximum absolute atomic E-state index is 12.5. The van der Waals surface area contributed by atoms with Crippen LogP contribution in [0.4, 0.5) is 5.00 Å². The minimum Gasteiger partial charge on any atom is -0.496 e. The largest absolute Gasteiger partial charge is 0.496 e. The molecule has 1 aromatic heterocycles. The first kappa shape index (κ1) is 20.9. The van der Waals surface area contributed by atoms with Crippen molar-refractivity contribution in [2.24, 2.45) is 0 Å². The highest BCUT2D eigenvalue weighted by atomic mass is 32.1. The molecule has 0 radical (unpaired) electrons. The van der Waals surface area contributed by atoms with Gasteiger partial charge in [-0.15, -0.1) is 11.3 Å². The number of aryl methyl sites for hydroxylation is 2. The molecule has 146 valence electrons.